The molecule has 1 atom stereocenters. The predicted molar refractivity (Wildman–Crippen MR) is 57.9 cm³/mol. The number of rotatable bonds is 4. The minimum Gasteiger partial charge on any atom is -0.379 e. The topological polar surface area (TPSA) is 48.1 Å². The molecule has 1 unspecified atom stereocenters. The van der Waals surface area contributed by atoms with E-state index in [0.717, 1.165) is 20.9 Å². The number of halogens is 1. The lowest BCUT2D eigenvalue weighted by Gasteiger charge is -1.98. The van der Waals surface area contributed by atoms with Crippen LogP contribution in [0.25, 0.3) is 0 Å². The van der Waals surface area contributed by atoms with E-state index in [0.29, 0.717) is 6.61 Å². The minimum atomic E-state index is 0.161. The van der Waals surface area contributed by atoms with Crippen molar-refractivity contribution < 1.29 is 4.74 Å². The Labute approximate surface area is 90.4 Å². The Hall–Kier alpha value is 0.0300. The molecule has 0 aliphatic rings. The number of nitrogens with zero attached hydrogens (tertiary/aromatic N) is 1. The summed E-state index contributed by atoms with van der Waals surface area (Å²) < 4.78 is 5.92. The second-order valence-corrected chi connectivity index (χ2v) is 4.86. The monoisotopic (exact) mass is 264 g/mol. The number of hydrogen-bond acceptors (Lipinski definition) is 4. The van der Waals surface area contributed by atoms with Gasteiger partial charge in [0, 0.05) is 19.6 Å². The summed E-state index contributed by atoms with van der Waals surface area (Å²) in [5, 5.41) is 1.06. The van der Waals surface area contributed by atoms with Crippen molar-refractivity contribution in [3.63, 3.8) is 0 Å². The van der Waals surface area contributed by atoms with Crippen molar-refractivity contribution in [3.05, 3.63) is 14.5 Å². The summed E-state index contributed by atoms with van der Waals surface area (Å²) in [6.07, 6.45) is 0.826. The Balaban J connectivity index is 2.70. The molecule has 0 aliphatic carbocycles. The quantitative estimate of drug-likeness (QED) is 0.905. The number of aromatic nitrogens is 1. The van der Waals surface area contributed by atoms with Gasteiger partial charge in [-0.15, -0.1) is 11.3 Å². The summed E-state index contributed by atoms with van der Waals surface area (Å²) >= 11 is 5.04. The molecule has 0 amide bonds. The zero-order valence-electron chi connectivity index (χ0n) is 7.71. The minimum absolute atomic E-state index is 0.161. The van der Waals surface area contributed by atoms with Crippen LogP contribution in [0.15, 0.2) is 4.60 Å². The lowest BCUT2D eigenvalue weighted by molar-refractivity contribution is 0.187. The van der Waals surface area contributed by atoms with Gasteiger partial charge in [0.15, 0.2) is 0 Å². The Bertz CT molecular complexity index is 275. The molecule has 1 aromatic heterocycles. The molecule has 0 fully saturated rings. The van der Waals surface area contributed by atoms with E-state index in [4.69, 9.17) is 10.5 Å². The van der Waals surface area contributed by atoms with Gasteiger partial charge in [0.05, 0.1) is 16.5 Å². The number of thiazole rings is 1. The third-order valence-electron chi connectivity index (χ3n) is 1.47. The van der Waals surface area contributed by atoms with Gasteiger partial charge in [-0.2, -0.15) is 0 Å². The number of hydrogen-bond donors (Lipinski definition) is 1. The molecular formula is C8H13BrN2OS. The third-order valence-corrected chi connectivity index (χ3v) is 3.44. The maximum atomic E-state index is 5.68. The number of nitrogens with two attached hydrogens (primary N) is 1. The zero-order valence-corrected chi connectivity index (χ0v) is 10.1. The van der Waals surface area contributed by atoms with Gasteiger partial charge in [0.25, 0.3) is 0 Å². The van der Waals surface area contributed by atoms with Crippen LogP contribution in [0.3, 0.4) is 0 Å². The van der Waals surface area contributed by atoms with Crippen LogP contribution in [-0.4, -0.2) is 18.1 Å². The van der Waals surface area contributed by atoms with Gasteiger partial charge < -0.3 is 10.5 Å². The first-order valence-corrected chi connectivity index (χ1v) is 5.63. The normalized spacial score (nSPS) is 13.2. The van der Waals surface area contributed by atoms with Crippen LogP contribution in [0.5, 0.6) is 0 Å². The molecule has 0 aliphatic heterocycles. The van der Waals surface area contributed by atoms with E-state index in [1.54, 1.807) is 18.4 Å². The van der Waals surface area contributed by atoms with E-state index in [2.05, 4.69) is 20.9 Å². The van der Waals surface area contributed by atoms with Gasteiger partial charge in [-0.25, -0.2) is 4.98 Å². The smallest absolute Gasteiger partial charge is 0.122 e. The Morgan fingerprint density at radius 3 is 2.92 bits per heavy atom. The molecule has 0 aromatic carbocycles. The molecule has 0 radical (unpaired) electrons. The summed E-state index contributed by atoms with van der Waals surface area (Å²) in [5.41, 5.74) is 5.68. The summed E-state index contributed by atoms with van der Waals surface area (Å²) in [4.78, 5) is 5.47. The highest BCUT2D eigenvalue weighted by molar-refractivity contribution is 9.10. The molecule has 0 bridgehead atoms. The van der Waals surface area contributed by atoms with Crippen molar-refractivity contribution in [1.29, 1.82) is 0 Å². The van der Waals surface area contributed by atoms with Crippen molar-refractivity contribution in [1.82, 2.24) is 4.98 Å². The molecule has 1 rings (SSSR count). The average molecular weight is 265 g/mol. The van der Waals surface area contributed by atoms with Crippen LogP contribution in [-0.2, 0) is 17.8 Å². The van der Waals surface area contributed by atoms with E-state index in [-0.39, 0.29) is 6.04 Å². The fourth-order valence-electron chi connectivity index (χ4n) is 0.962. The highest BCUT2D eigenvalue weighted by Gasteiger charge is 2.09. The second-order valence-electron chi connectivity index (χ2n) is 2.94. The molecule has 74 valence electrons. The third kappa shape index (κ3) is 3.34. The standard InChI is InChI=1S/C8H13BrN2OS/c1-5(10)3-7-11-8(9)6(13-7)4-12-2/h5H,3-4,10H2,1-2H3. The first-order valence-electron chi connectivity index (χ1n) is 4.02. The van der Waals surface area contributed by atoms with Gasteiger partial charge in [-0.3, -0.25) is 0 Å². The van der Waals surface area contributed by atoms with Crippen LogP contribution in [0.2, 0.25) is 0 Å². The van der Waals surface area contributed by atoms with E-state index in [9.17, 15) is 0 Å². The van der Waals surface area contributed by atoms with Crippen LogP contribution in [0, 0.1) is 0 Å². The van der Waals surface area contributed by atoms with Crippen LogP contribution >= 0.6 is 27.3 Å². The van der Waals surface area contributed by atoms with E-state index < -0.39 is 0 Å². The molecule has 0 saturated heterocycles. The molecular weight excluding hydrogens is 252 g/mol. The lowest BCUT2D eigenvalue weighted by Crippen LogP contribution is -2.17. The highest BCUT2D eigenvalue weighted by atomic mass is 79.9. The maximum Gasteiger partial charge on any atom is 0.122 e. The Kier molecular flexibility index (Phi) is 4.31. The van der Waals surface area contributed by atoms with Gasteiger partial charge in [-0.1, -0.05) is 0 Å². The predicted octanol–water partition coefficient (Wildman–Crippen LogP) is 1.94. The van der Waals surface area contributed by atoms with Crippen LogP contribution in [0.4, 0.5) is 0 Å². The average Bonchev–Trinajstić information content (AvgIpc) is 2.31. The van der Waals surface area contributed by atoms with Gasteiger partial charge in [-0.05, 0) is 22.9 Å². The molecule has 5 heteroatoms. The van der Waals surface area contributed by atoms with Gasteiger partial charge in [0.1, 0.15) is 4.60 Å². The summed E-state index contributed by atoms with van der Waals surface area (Å²) in [5.74, 6) is 0. The Morgan fingerprint density at radius 2 is 2.38 bits per heavy atom. The fraction of sp³-hybridized carbons (Fsp3) is 0.625. The second kappa shape index (κ2) is 5.05. The van der Waals surface area contributed by atoms with Crippen molar-refractivity contribution in [2.45, 2.75) is 26.0 Å². The van der Waals surface area contributed by atoms with Gasteiger partial charge >= 0.3 is 0 Å². The molecule has 2 N–H and O–H groups in total. The van der Waals surface area contributed by atoms with E-state index >= 15 is 0 Å². The van der Waals surface area contributed by atoms with E-state index in [1.165, 1.54) is 0 Å². The molecule has 1 aromatic rings. The summed E-state index contributed by atoms with van der Waals surface area (Å²) in [7, 11) is 1.68. The molecule has 1 heterocycles. The molecule has 0 spiro atoms. The highest BCUT2D eigenvalue weighted by Crippen LogP contribution is 2.24. The lowest BCUT2D eigenvalue weighted by atomic mass is 10.3. The van der Waals surface area contributed by atoms with Crippen molar-refractivity contribution in [2.24, 2.45) is 5.73 Å². The fourth-order valence-corrected chi connectivity index (χ4v) is 2.72. The number of ether oxygens (including phenoxy) is 1. The molecule has 0 saturated carbocycles. The van der Waals surface area contributed by atoms with E-state index in [1.807, 2.05) is 6.92 Å². The van der Waals surface area contributed by atoms with Crippen molar-refractivity contribution in [3.8, 4) is 0 Å². The SMILES string of the molecule is COCc1sc(CC(C)N)nc1Br. The molecule has 13 heavy (non-hydrogen) atoms. The first-order chi connectivity index (χ1) is 6.13. The molecule has 3 nitrogen and oxygen atoms in total. The Morgan fingerprint density at radius 1 is 1.69 bits per heavy atom. The van der Waals surface area contributed by atoms with Crippen LogP contribution < -0.4 is 5.73 Å². The summed E-state index contributed by atoms with van der Waals surface area (Å²) in [6.45, 7) is 2.59. The van der Waals surface area contributed by atoms with Gasteiger partial charge in [0.2, 0.25) is 0 Å². The number of methoxy groups -OCH3 is 1. The van der Waals surface area contributed by atoms with Crippen molar-refractivity contribution in [2.75, 3.05) is 7.11 Å². The van der Waals surface area contributed by atoms with Crippen molar-refractivity contribution >= 4 is 27.3 Å². The largest absolute Gasteiger partial charge is 0.379 e. The maximum absolute atomic E-state index is 5.68. The van der Waals surface area contributed by atoms with Crippen LogP contribution in [0.1, 0.15) is 16.8 Å². The zero-order chi connectivity index (χ0) is 9.84. The summed E-state index contributed by atoms with van der Waals surface area (Å²) in [6, 6.07) is 0.161. The first kappa shape index (κ1) is 11.1.